The smallest absolute Gasteiger partial charge is 0.307 e. The van der Waals surface area contributed by atoms with Crippen molar-refractivity contribution in [2.45, 2.75) is 38.5 Å². The molecule has 1 N–H and O–H groups in total. The number of thiophene rings is 1. The second kappa shape index (κ2) is 5.57. The molecule has 3 heteroatoms. The summed E-state index contributed by atoms with van der Waals surface area (Å²) in [6.07, 6.45) is 4.05. The molecule has 1 aromatic carbocycles. The molecule has 0 spiro atoms. The highest BCUT2D eigenvalue weighted by Crippen LogP contribution is 2.44. The highest BCUT2D eigenvalue weighted by molar-refractivity contribution is 7.17. The van der Waals surface area contributed by atoms with E-state index in [0.29, 0.717) is 5.92 Å². The molecule has 1 aromatic heterocycles. The van der Waals surface area contributed by atoms with Crippen LogP contribution in [-0.4, -0.2) is 11.1 Å². The Morgan fingerprint density at radius 1 is 1.35 bits per heavy atom. The standard InChI is InChI=1S/C17H20O2S/c1-2-11-6-7-14(17(18)19)15(10-11)13-5-3-4-12-8-9-20-16(12)13/h3-5,8-9,11,14-15H,2,6-7,10H2,1H3,(H,18,19). The SMILES string of the molecule is CCC1CCC(C(=O)O)C(c2cccc3ccsc23)C1. The summed E-state index contributed by atoms with van der Waals surface area (Å²) >= 11 is 1.74. The van der Waals surface area contributed by atoms with Crippen molar-refractivity contribution in [2.24, 2.45) is 11.8 Å². The molecule has 1 aliphatic carbocycles. The lowest BCUT2D eigenvalue weighted by Crippen LogP contribution is -2.29. The van der Waals surface area contributed by atoms with Gasteiger partial charge in [-0.3, -0.25) is 4.79 Å². The maximum atomic E-state index is 11.6. The van der Waals surface area contributed by atoms with E-state index >= 15 is 0 Å². The van der Waals surface area contributed by atoms with Crippen molar-refractivity contribution in [1.82, 2.24) is 0 Å². The lowest BCUT2D eigenvalue weighted by molar-refractivity contribution is -0.143. The quantitative estimate of drug-likeness (QED) is 0.872. The van der Waals surface area contributed by atoms with E-state index in [-0.39, 0.29) is 11.8 Å². The number of hydrogen-bond acceptors (Lipinski definition) is 2. The number of fused-ring (bicyclic) bond motifs is 1. The molecule has 0 amide bonds. The van der Waals surface area contributed by atoms with Crippen molar-refractivity contribution in [3.05, 3.63) is 35.2 Å². The van der Waals surface area contributed by atoms with E-state index in [2.05, 4.69) is 36.6 Å². The van der Waals surface area contributed by atoms with E-state index in [4.69, 9.17) is 0 Å². The van der Waals surface area contributed by atoms with Crippen molar-refractivity contribution in [3.63, 3.8) is 0 Å². The monoisotopic (exact) mass is 288 g/mol. The van der Waals surface area contributed by atoms with Crippen LogP contribution in [0, 0.1) is 11.8 Å². The summed E-state index contributed by atoms with van der Waals surface area (Å²) in [6.45, 7) is 2.22. The van der Waals surface area contributed by atoms with Crippen LogP contribution >= 0.6 is 11.3 Å². The summed E-state index contributed by atoms with van der Waals surface area (Å²) in [5, 5.41) is 12.9. The molecule has 20 heavy (non-hydrogen) atoms. The van der Waals surface area contributed by atoms with E-state index in [1.165, 1.54) is 15.6 Å². The molecule has 1 fully saturated rings. The molecule has 106 valence electrons. The number of aliphatic carboxylic acids is 1. The summed E-state index contributed by atoms with van der Waals surface area (Å²) < 4.78 is 1.28. The third-order valence-corrected chi connectivity index (χ3v) is 5.74. The molecule has 3 unspecified atom stereocenters. The predicted molar refractivity (Wildman–Crippen MR) is 83.3 cm³/mol. The molecule has 1 heterocycles. The molecular weight excluding hydrogens is 268 g/mol. The molecule has 1 saturated carbocycles. The second-order valence-electron chi connectivity index (χ2n) is 5.82. The summed E-state index contributed by atoms with van der Waals surface area (Å²) in [7, 11) is 0. The highest BCUT2D eigenvalue weighted by atomic mass is 32.1. The van der Waals surface area contributed by atoms with Gasteiger partial charge in [0.1, 0.15) is 0 Å². The first-order valence-corrected chi connectivity index (χ1v) is 8.27. The Morgan fingerprint density at radius 2 is 2.20 bits per heavy atom. The second-order valence-corrected chi connectivity index (χ2v) is 6.74. The zero-order valence-corrected chi connectivity index (χ0v) is 12.5. The Kier molecular flexibility index (Phi) is 3.79. The van der Waals surface area contributed by atoms with Gasteiger partial charge in [-0.2, -0.15) is 0 Å². The zero-order valence-electron chi connectivity index (χ0n) is 11.7. The van der Waals surface area contributed by atoms with E-state index in [0.717, 1.165) is 25.7 Å². The van der Waals surface area contributed by atoms with Crippen LogP contribution in [0.3, 0.4) is 0 Å². The van der Waals surface area contributed by atoms with Crippen LogP contribution in [0.1, 0.15) is 44.1 Å². The van der Waals surface area contributed by atoms with Crippen LogP contribution in [0.25, 0.3) is 10.1 Å². The van der Waals surface area contributed by atoms with Gasteiger partial charge in [0, 0.05) is 4.70 Å². The lowest BCUT2D eigenvalue weighted by atomic mass is 9.70. The van der Waals surface area contributed by atoms with E-state index < -0.39 is 5.97 Å². The summed E-state index contributed by atoms with van der Waals surface area (Å²) in [6, 6.07) is 8.45. The summed E-state index contributed by atoms with van der Waals surface area (Å²) in [5.41, 5.74) is 1.25. The molecule has 2 aromatic rings. The molecule has 0 saturated heterocycles. The average Bonchev–Trinajstić information content (AvgIpc) is 2.94. The number of carbonyl (C=O) groups is 1. The summed E-state index contributed by atoms with van der Waals surface area (Å²) in [4.78, 5) is 11.6. The fraction of sp³-hybridized carbons (Fsp3) is 0.471. The van der Waals surface area contributed by atoms with Crippen LogP contribution in [0.4, 0.5) is 0 Å². The van der Waals surface area contributed by atoms with Gasteiger partial charge in [-0.25, -0.2) is 0 Å². The largest absolute Gasteiger partial charge is 0.481 e. The van der Waals surface area contributed by atoms with Gasteiger partial charge >= 0.3 is 5.97 Å². The number of carboxylic acid groups (broad SMARTS) is 1. The van der Waals surface area contributed by atoms with Crippen molar-refractivity contribution >= 4 is 27.4 Å². The Morgan fingerprint density at radius 3 is 2.95 bits per heavy atom. The molecule has 0 radical (unpaired) electrons. The fourth-order valence-corrected chi connectivity index (χ4v) is 4.55. The van der Waals surface area contributed by atoms with Gasteiger partial charge in [-0.15, -0.1) is 11.3 Å². The maximum absolute atomic E-state index is 11.6. The predicted octanol–water partition coefficient (Wildman–Crippen LogP) is 4.90. The first-order valence-electron chi connectivity index (χ1n) is 7.39. The highest BCUT2D eigenvalue weighted by Gasteiger charge is 2.36. The minimum atomic E-state index is -0.627. The minimum Gasteiger partial charge on any atom is -0.481 e. The normalized spacial score (nSPS) is 26.8. The molecular formula is C17H20O2S. The molecule has 1 aliphatic rings. The third-order valence-electron chi connectivity index (χ3n) is 4.76. The zero-order chi connectivity index (χ0) is 14.1. The van der Waals surface area contributed by atoms with Crippen LogP contribution in [-0.2, 0) is 4.79 Å². The van der Waals surface area contributed by atoms with Crippen LogP contribution in [0.2, 0.25) is 0 Å². The van der Waals surface area contributed by atoms with Crippen molar-refractivity contribution in [1.29, 1.82) is 0 Å². The van der Waals surface area contributed by atoms with E-state index in [1.54, 1.807) is 11.3 Å². The van der Waals surface area contributed by atoms with Gasteiger partial charge in [-0.1, -0.05) is 31.5 Å². The number of hydrogen-bond donors (Lipinski definition) is 1. The Balaban J connectivity index is 2.03. The molecule has 0 aliphatic heterocycles. The Bertz CT molecular complexity index is 616. The van der Waals surface area contributed by atoms with E-state index in [9.17, 15) is 9.90 Å². The fourth-order valence-electron chi connectivity index (χ4n) is 3.58. The molecule has 2 nitrogen and oxygen atoms in total. The third kappa shape index (κ3) is 2.35. The molecule has 3 atom stereocenters. The van der Waals surface area contributed by atoms with Crippen LogP contribution in [0.5, 0.6) is 0 Å². The van der Waals surface area contributed by atoms with Crippen molar-refractivity contribution in [2.75, 3.05) is 0 Å². The van der Waals surface area contributed by atoms with Crippen LogP contribution in [0.15, 0.2) is 29.6 Å². The van der Waals surface area contributed by atoms with Gasteiger partial charge in [0.2, 0.25) is 0 Å². The Labute approximate surface area is 123 Å². The van der Waals surface area contributed by atoms with Crippen LogP contribution < -0.4 is 0 Å². The van der Waals surface area contributed by atoms with E-state index in [1.807, 2.05) is 0 Å². The first kappa shape index (κ1) is 13.6. The van der Waals surface area contributed by atoms with Gasteiger partial charge in [0.05, 0.1) is 5.92 Å². The van der Waals surface area contributed by atoms with Gasteiger partial charge in [0.25, 0.3) is 0 Å². The topological polar surface area (TPSA) is 37.3 Å². The van der Waals surface area contributed by atoms with Crippen molar-refractivity contribution in [3.8, 4) is 0 Å². The van der Waals surface area contributed by atoms with Gasteiger partial charge in [-0.05, 0) is 53.5 Å². The van der Waals surface area contributed by atoms with Crippen molar-refractivity contribution < 1.29 is 9.90 Å². The minimum absolute atomic E-state index is 0.175. The first-order chi connectivity index (χ1) is 9.70. The molecule has 3 rings (SSSR count). The summed E-state index contributed by atoms with van der Waals surface area (Å²) in [5.74, 6) is 0.00276. The Hall–Kier alpha value is -1.35. The van der Waals surface area contributed by atoms with Gasteiger partial charge < -0.3 is 5.11 Å². The average molecular weight is 288 g/mol. The van der Waals surface area contributed by atoms with Gasteiger partial charge in [0.15, 0.2) is 0 Å². The lowest BCUT2D eigenvalue weighted by Gasteiger charge is -2.34. The number of benzene rings is 1. The number of carboxylic acids is 1. The maximum Gasteiger partial charge on any atom is 0.307 e. The molecule has 0 bridgehead atoms. The number of rotatable bonds is 3.